The first-order valence-electron chi connectivity index (χ1n) is 11.1. The minimum Gasteiger partial charge on any atom is -0.387 e. The zero-order valence-electron chi connectivity index (χ0n) is 18.4. The standard InChI is InChI=1S/C22H31F4N3O3/c1-4-28-11-27-20-14(12(28)2)7-8-29(20)17-10-21(3,31)19(32-17)18(30)13-5-6-16(23)15(9-13)22(24,25)26/h5-6,9,12,14,17-20,27,30-31H,4,7-8,10-11H2,1-3H3/t12?,14?,17-,18-,19-,20?,21+/m1/s1. The van der Waals surface area contributed by atoms with Gasteiger partial charge < -0.3 is 14.9 Å². The summed E-state index contributed by atoms with van der Waals surface area (Å²) in [6.45, 7) is 8.27. The first-order chi connectivity index (χ1) is 14.9. The van der Waals surface area contributed by atoms with E-state index in [2.05, 4.69) is 29.0 Å². The third-order valence-corrected chi connectivity index (χ3v) is 7.39. The average molecular weight is 462 g/mol. The molecule has 0 radical (unpaired) electrons. The van der Waals surface area contributed by atoms with Crippen molar-refractivity contribution in [1.82, 2.24) is 15.1 Å². The van der Waals surface area contributed by atoms with Crippen LogP contribution >= 0.6 is 0 Å². The molecule has 10 heteroatoms. The van der Waals surface area contributed by atoms with Crippen molar-refractivity contribution in [1.29, 1.82) is 0 Å². The molecule has 1 aromatic rings. The van der Waals surface area contributed by atoms with E-state index in [-0.39, 0.29) is 18.2 Å². The number of ether oxygens (including phenoxy) is 1. The number of hydrogen-bond donors (Lipinski definition) is 3. The quantitative estimate of drug-likeness (QED) is 0.600. The van der Waals surface area contributed by atoms with Gasteiger partial charge in [-0.05, 0) is 44.5 Å². The molecule has 1 aromatic carbocycles. The molecule has 180 valence electrons. The molecule has 0 saturated carbocycles. The van der Waals surface area contributed by atoms with Crippen molar-refractivity contribution in [2.24, 2.45) is 5.92 Å². The lowest BCUT2D eigenvalue weighted by Crippen LogP contribution is -2.61. The summed E-state index contributed by atoms with van der Waals surface area (Å²) in [7, 11) is 0. The highest BCUT2D eigenvalue weighted by Gasteiger charge is 2.53. The molecule has 7 atom stereocenters. The summed E-state index contributed by atoms with van der Waals surface area (Å²) in [4.78, 5) is 4.50. The largest absolute Gasteiger partial charge is 0.419 e. The number of rotatable bonds is 4. The van der Waals surface area contributed by atoms with Gasteiger partial charge in [0.2, 0.25) is 0 Å². The fourth-order valence-corrected chi connectivity index (χ4v) is 5.53. The Morgan fingerprint density at radius 2 is 2.06 bits per heavy atom. The summed E-state index contributed by atoms with van der Waals surface area (Å²) in [5.41, 5.74) is -3.07. The number of aliphatic hydroxyl groups excluding tert-OH is 1. The number of likely N-dealkylation sites (tertiary alicyclic amines) is 1. The molecule has 6 nitrogen and oxygen atoms in total. The molecule has 3 fully saturated rings. The van der Waals surface area contributed by atoms with Gasteiger partial charge in [0.1, 0.15) is 24.3 Å². The molecule has 3 aliphatic heterocycles. The molecule has 32 heavy (non-hydrogen) atoms. The van der Waals surface area contributed by atoms with Crippen LogP contribution in [0.15, 0.2) is 18.2 Å². The van der Waals surface area contributed by atoms with Gasteiger partial charge in [0.15, 0.2) is 0 Å². The van der Waals surface area contributed by atoms with Gasteiger partial charge in [0, 0.05) is 31.6 Å². The Morgan fingerprint density at radius 1 is 1.34 bits per heavy atom. The Hall–Kier alpha value is -1.30. The van der Waals surface area contributed by atoms with Gasteiger partial charge in [-0.1, -0.05) is 13.0 Å². The molecular weight excluding hydrogens is 430 g/mol. The average Bonchev–Trinajstić information content (AvgIpc) is 3.28. The number of benzene rings is 1. The van der Waals surface area contributed by atoms with E-state index in [1.54, 1.807) is 0 Å². The normalized spacial score (nSPS) is 37.6. The number of aliphatic hydroxyl groups is 2. The Bertz CT molecular complexity index is 837. The first-order valence-corrected chi connectivity index (χ1v) is 11.1. The van der Waals surface area contributed by atoms with Crippen LogP contribution in [0.25, 0.3) is 0 Å². The maximum absolute atomic E-state index is 13.7. The molecule has 0 spiro atoms. The van der Waals surface area contributed by atoms with Gasteiger partial charge in [-0.25, -0.2) is 4.39 Å². The SMILES string of the molecule is CCN1CNC2C(CCN2[C@H]2C[C@](C)(O)[C@@H]([C@H](O)c3ccc(F)c(C(F)(F)F)c3)O2)C1C. The Kier molecular flexibility index (Phi) is 6.32. The van der Waals surface area contributed by atoms with Crippen LogP contribution in [0.5, 0.6) is 0 Å². The van der Waals surface area contributed by atoms with Gasteiger partial charge in [0.05, 0.1) is 17.3 Å². The Balaban J connectivity index is 1.52. The third kappa shape index (κ3) is 4.17. The molecule has 3 N–H and O–H groups in total. The molecule has 0 aliphatic carbocycles. The van der Waals surface area contributed by atoms with E-state index in [9.17, 15) is 27.8 Å². The van der Waals surface area contributed by atoms with Gasteiger partial charge >= 0.3 is 6.18 Å². The molecule has 3 heterocycles. The molecule has 3 unspecified atom stereocenters. The van der Waals surface area contributed by atoms with Crippen molar-refractivity contribution in [2.75, 3.05) is 19.8 Å². The summed E-state index contributed by atoms with van der Waals surface area (Å²) in [5.74, 6) is -1.03. The monoisotopic (exact) mass is 461 g/mol. The number of fused-ring (bicyclic) bond motifs is 1. The van der Waals surface area contributed by atoms with Crippen molar-refractivity contribution >= 4 is 0 Å². The van der Waals surface area contributed by atoms with Crippen molar-refractivity contribution in [3.05, 3.63) is 35.1 Å². The van der Waals surface area contributed by atoms with Crippen molar-refractivity contribution in [3.8, 4) is 0 Å². The predicted molar refractivity (Wildman–Crippen MR) is 109 cm³/mol. The van der Waals surface area contributed by atoms with E-state index < -0.39 is 41.6 Å². The van der Waals surface area contributed by atoms with Gasteiger partial charge in [-0.3, -0.25) is 15.1 Å². The number of nitrogens with zero attached hydrogens (tertiary/aromatic N) is 2. The van der Waals surface area contributed by atoms with E-state index in [0.29, 0.717) is 24.1 Å². The fraction of sp³-hybridized carbons (Fsp3) is 0.727. The maximum atomic E-state index is 13.7. The first kappa shape index (κ1) is 23.8. The molecule has 3 aliphatic rings. The molecule has 0 bridgehead atoms. The van der Waals surface area contributed by atoms with Gasteiger partial charge in [-0.2, -0.15) is 13.2 Å². The second-order valence-electron chi connectivity index (χ2n) is 9.40. The lowest BCUT2D eigenvalue weighted by atomic mass is 9.89. The molecular formula is C22H31F4N3O3. The summed E-state index contributed by atoms with van der Waals surface area (Å²) in [6, 6.07) is 2.75. The maximum Gasteiger partial charge on any atom is 0.419 e. The summed E-state index contributed by atoms with van der Waals surface area (Å²) in [6.07, 6.45) is -6.84. The van der Waals surface area contributed by atoms with E-state index in [4.69, 9.17) is 4.74 Å². The topological polar surface area (TPSA) is 68.2 Å². The molecule has 0 amide bonds. The number of nitrogens with one attached hydrogen (secondary N) is 1. The highest BCUT2D eigenvalue weighted by molar-refractivity contribution is 5.30. The lowest BCUT2D eigenvalue weighted by Gasteiger charge is -2.44. The van der Waals surface area contributed by atoms with Crippen molar-refractivity contribution < 1.29 is 32.5 Å². The van der Waals surface area contributed by atoms with E-state index >= 15 is 0 Å². The van der Waals surface area contributed by atoms with Crippen LogP contribution in [-0.4, -0.2) is 69.9 Å². The van der Waals surface area contributed by atoms with Crippen LogP contribution < -0.4 is 5.32 Å². The summed E-state index contributed by atoms with van der Waals surface area (Å²) >= 11 is 0. The molecule has 4 rings (SSSR count). The van der Waals surface area contributed by atoms with Crippen LogP contribution in [0.2, 0.25) is 0 Å². The predicted octanol–water partition coefficient (Wildman–Crippen LogP) is 2.66. The van der Waals surface area contributed by atoms with Crippen LogP contribution in [-0.2, 0) is 10.9 Å². The van der Waals surface area contributed by atoms with Crippen molar-refractivity contribution in [3.63, 3.8) is 0 Å². The third-order valence-electron chi connectivity index (χ3n) is 7.39. The second-order valence-corrected chi connectivity index (χ2v) is 9.40. The van der Waals surface area contributed by atoms with Crippen LogP contribution in [0, 0.1) is 11.7 Å². The zero-order valence-corrected chi connectivity index (χ0v) is 18.4. The number of alkyl halides is 3. The number of halogens is 4. The molecule has 0 aromatic heterocycles. The van der Waals surface area contributed by atoms with E-state index in [0.717, 1.165) is 32.2 Å². The van der Waals surface area contributed by atoms with E-state index in [1.165, 1.54) is 6.92 Å². The number of hydrogen-bond acceptors (Lipinski definition) is 6. The Morgan fingerprint density at radius 3 is 2.72 bits per heavy atom. The summed E-state index contributed by atoms with van der Waals surface area (Å²) < 4.78 is 59.1. The van der Waals surface area contributed by atoms with Gasteiger partial charge in [-0.15, -0.1) is 0 Å². The van der Waals surface area contributed by atoms with Crippen molar-refractivity contribution in [2.45, 2.75) is 76.0 Å². The minimum atomic E-state index is -4.89. The Labute approximate surface area is 185 Å². The zero-order chi connectivity index (χ0) is 23.4. The van der Waals surface area contributed by atoms with Gasteiger partial charge in [0.25, 0.3) is 0 Å². The fourth-order valence-electron chi connectivity index (χ4n) is 5.53. The smallest absolute Gasteiger partial charge is 0.387 e. The summed E-state index contributed by atoms with van der Waals surface area (Å²) in [5, 5.41) is 25.3. The lowest BCUT2D eigenvalue weighted by molar-refractivity contribution is -0.141. The molecule has 3 saturated heterocycles. The highest BCUT2D eigenvalue weighted by atomic mass is 19.4. The van der Waals surface area contributed by atoms with Crippen LogP contribution in [0.1, 0.15) is 50.8 Å². The van der Waals surface area contributed by atoms with Crippen LogP contribution in [0.3, 0.4) is 0 Å². The van der Waals surface area contributed by atoms with Crippen LogP contribution in [0.4, 0.5) is 17.6 Å². The van der Waals surface area contributed by atoms with E-state index in [1.807, 2.05) is 0 Å². The highest BCUT2D eigenvalue weighted by Crippen LogP contribution is 2.43. The second kappa shape index (κ2) is 8.48. The minimum absolute atomic E-state index is 0.0622.